The first-order valence-corrected chi connectivity index (χ1v) is 7.97. The molecule has 1 aliphatic rings. The number of halogens is 2. The third kappa shape index (κ3) is 3.73. The van der Waals surface area contributed by atoms with Crippen LogP contribution in [-0.2, 0) is 10.8 Å². The molecular formula is C11H13F2NO3S2. The van der Waals surface area contributed by atoms with Crippen molar-refractivity contribution in [1.82, 2.24) is 5.32 Å². The van der Waals surface area contributed by atoms with Gasteiger partial charge >= 0.3 is 6.61 Å². The molecule has 1 fully saturated rings. The van der Waals surface area contributed by atoms with Gasteiger partial charge in [-0.15, -0.1) is 11.3 Å². The van der Waals surface area contributed by atoms with Crippen LogP contribution in [0.2, 0.25) is 0 Å². The van der Waals surface area contributed by atoms with Crippen LogP contribution in [0.4, 0.5) is 8.78 Å². The standard InChI is InChI=1S/C11H13F2NO3S2/c1-6-4-8(17-11(12)13)9(18-6)10(15)14-7-2-3-19(16)5-7/h4,7,11H,2-3,5H2,1H3,(H,14,15)/t7-,19+/m1/s1. The number of aryl methyl sites for hydroxylation is 1. The van der Waals surface area contributed by atoms with E-state index in [1.165, 1.54) is 6.07 Å². The summed E-state index contributed by atoms with van der Waals surface area (Å²) in [5, 5.41) is 2.71. The van der Waals surface area contributed by atoms with Crippen molar-refractivity contribution in [1.29, 1.82) is 0 Å². The summed E-state index contributed by atoms with van der Waals surface area (Å²) in [6.45, 7) is -1.25. The van der Waals surface area contributed by atoms with E-state index in [4.69, 9.17) is 0 Å². The van der Waals surface area contributed by atoms with Crippen LogP contribution in [0, 0.1) is 6.92 Å². The second-order valence-corrected chi connectivity index (χ2v) is 7.08. The van der Waals surface area contributed by atoms with Gasteiger partial charge in [-0.05, 0) is 19.4 Å². The van der Waals surface area contributed by atoms with Crippen LogP contribution >= 0.6 is 11.3 Å². The topological polar surface area (TPSA) is 55.4 Å². The van der Waals surface area contributed by atoms with Gasteiger partial charge in [0, 0.05) is 33.2 Å². The number of ether oxygens (including phenoxy) is 1. The minimum Gasteiger partial charge on any atom is -0.433 e. The first-order valence-electron chi connectivity index (χ1n) is 5.67. The van der Waals surface area contributed by atoms with E-state index in [0.29, 0.717) is 17.9 Å². The van der Waals surface area contributed by atoms with Crippen LogP contribution in [0.15, 0.2) is 6.07 Å². The first kappa shape index (κ1) is 14.4. The Morgan fingerprint density at radius 3 is 2.95 bits per heavy atom. The molecule has 106 valence electrons. The zero-order valence-electron chi connectivity index (χ0n) is 10.2. The highest BCUT2D eigenvalue weighted by Crippen LogP contribution is 2.30. The van der Waals surface area contributed by atoms with Gasteiger partial charge in [0.2, 0.25) is 0 Å². The number of thiophene rings is 1. The molecule has 1 N–H and O–H groups in total. The largest absolute Gasteiger partial charge is 0.433 e. The molecule has 19 heavy (non-hydrogen) atoms. The summed E-state index contributed by atoms with van der Waals surface area (Å²) in [5.41, 5.74) is 0. The highest BCUT2D eigenvalue weighted by atomic mass is 32.2. The van der Waals surface area contributed by atoms with Crippen molar-refractivity contribution >= 4 is 28.0 Å². The predicted molar refractivity (Wildman–Crippen MR) is 69.4 cm³/mol. The van der Waals surface area contributed by atoms with Gasteiger partial charge in [0.05, 0.1) is 0 Å². The molecule has 0 unspecified atom stereocenters. The van der Waals surface area contributed by atoms with Gasteiger partial charge in [-0.1, -0.05) is 0 Å². The Morgan fingerprint density at radius 1 is 1.63 bits per heavy atom. The fourth-order valence-electron chi connectivity index (χ4n) is 1.86. The zero-order chi connectivity index (χ0) is 14.0. The van der Waals surface area contributed by atoms with Crippen molar-refractivity contribution in [3.8, 4) is 5.75 Å². The summed E-state index contributed by atoms with van der Waals surface area (Å²) >= 11 is 1.10. The van der Waals surface area contributed by atoms with Crippen molar-refractivity contribution in [3.05, 3.63) is 15.8 Å². The lowest BCUT2D eigenvalue weighted by molar-refractivity contribution is -0.0498. The lowest BCUT2D eigenvalue weighted by atomic mass is 10.2. The number of hydrogen-bond acceptors (Lipinski definition) is 4. The van der Waals surface area contributed by atoms with Crippen molar-refractivity contribution in [3.63, 3.8) is 0 Å². The van der Waals surface area contributed by atoms with E-state index >= 15 is 0 Å². The Balaban J connectivity index is 2.07. The normalized spacial score (nSPS) is 22.7. The summed E-state index contributed by atoms with van der Waals surface area (Å²) in [5.74, 6) is 0.433. The second kappa shape index (κ2) is 5.96. The molecule has 2 heterocycles. The van der Waals surface area contributed by atoms with E-state index in [1.54, 1.807) is 6.92 Å². The summed E-state index contributed by atoms with van der Waals surface area (Å²) in [6.07, 6.45) is 0.647. The van der Waals surface area contributed by atoms with Gasteiger partial charge < -0.3 is 10.1 Å². The molecule has 1 aliphatic heterocycles. The van der Waals surface area contributed by atoms with E-state index in [-0.39, 0.29) is 16.7 Å². The van der Waals surface area contributed by atoms with Crippen LogP contribution in [-0.4, -0.2) is 34.3 Å². The first-order chi connectivity index (χ1) is 8.95. The van der Waals surface area contributed by atoms with Crippen molar-refractivity contribution < 1.29 is 22.5 Å². The monoisotopic (exact) mass is 309 g/mol. The summed E-state index contributed by atoms with van der Waals surface area (Å²) in [6, 6.07) is 1.26. The minimum atomic E-state index is -2.96. The molecule has 0 spiro atoms. The molecule has 0 bridgehead atoms. The van der Waals surface area contributed by atoms with Gasteiger partial charge in [-0.25, -0.2) is 0 Å². The van der Waals surface area contributed by atoms with E-state index in [1.807, 2.05) is 0 Å². The molecule has 0 aromatic carbocycles. The minimum absolute atomic E-state index is 0.103. The lowest BCUT2D eigenvalue weighted by Crippen LogP contribution is -2.35. The Kier molecular flexibility index (Phi) is 4.51. The molecule has 4 nitrogen and oxygen atoms in total. The number of rotatable bonds is 4. The number of nitrogens with one attached hydrogen (secondary N) is 1. The molecule has 0 radical (unpaired) electrons. The van der Waals surface area contributed by atoms with Crippen molar-refractivity contribution in [2.24, 2.45) is 0 Å². The van der Waals surface area contributed by atoms with Gasteiger partial charge in [0.15, 0.2) is 0 Å². The number of hydrogen-bond donors (Lipinski definition) is 1. The molecule has 2 rings (SSSR count). The van der Waals surface area contributed by atoms with Crippen LogP contribution in [0.3, 0.4) is 0 Å². The van der Waals surface area contributed by atoms with Gasteiger partial charge in [-0.2, -0.15) is 8.78 Å². The van der Waals surface area contributed by atoms with E-state index < -0.39 is 23.3 Å². The number of carbonyl (C=O) groups excluding carboxylic acids is 1. The number of amides is 1. The highest BCUT2D eigenvalue weighted by Gasteiger charge is 2.26. The van der Waals surface area contributed by atoms with E-state index in [9.17, 15) is 17.8 Å². The quantitative estimate of drug-likeness (QED) is 0.924. The fraction of sp³-hybridized carbons (Fsp3) is 0.545. The maximum absolute atomic E-state index is 12.2. The lowest BCUT2D eigenvalue weighted by Gasteiger charge is -2.11. The molecule has 2 atom stereocenters. The summed E-state index contributed by atoms with van der Waals surface area (Å²) in [7, 11) is -0.898. The molecule has 1 amide bonds. The average Bonchev–Trinajstić information content (AvgIpc) is 2.84. The molecular weight excluding hydrogens is 296 g/mol. The highest BCUT2D eigenvalue weighted by molar-refractivity contribution is 7.85. The third-order valence-corrected chi connectivity index (χ3v) is 5.16. The zero-order valence-corrected chi connectivity index (χ0v) is 11.8. The van der Waals surface area contributed by atoms with Crippen LogP contribution in [0.5, 0.6) is 5.75 Å². The van der Waals surface area contributed by atoms with E-state index in [2.05, 4.69) is 10.1 Å². The van der Waals surface area contributed by atoms with Crippen LogP contribution < -0.4 is 10.1 Å². The second-order valence-electron chi connectivity index (χ2n) is 4.20. The summed E-state index contributed by atoms with van der Waals surface area (Å²) in [4.78, 5) is 12.9. The molecule has 1 aromatic rings. The molecule has 1 saturated heterocycles. The Bertz CT molecular complexity index is 504. The Hall–Kier alpha value is -1.02. The maximum Gasteiger partial charge on any atom is 0.387 e. The smallest absolute Gasteiger partial charge is 0.387 e. The fourth-order valence-corrected chi connectivity index (χ4v) is 4.12. The van der Waals surface area contributed by atoms with Gasteiger partial charge in [-0.3, -0.25) is 9.00 Å². The molecule has 0 aliphatic carbocycles. The SMILES string of the molecule is Cc1cc(OC(F)F)c(C(=O)N[C@@H]2CC[S@](=O)C2)s1. The van der Waals surface area contributed by atoms with Crippen molar-refractivity contribution in [2.75, 3.05) is 11.5 Å². The predicted octanol–water partition coefficient (Wildman–Crippen LogP) is 1.91. The average molecular weight is 309 g/mol. The molecule has 8 heteroatoms. The third-order valence-electron chi connectivity index (χ3n) is 2.66. The maximum atomic E-state index is 12.2. The molecule has 1 aromatic heterocycles. The van der Waals surface area contributed by atoms with Gasteiger partial charge in [0.25, 0.3) is 5.91 Å². The number of alkyl halides is 2. The number of carbonyl (C=O) groups is 1. The Morgan fingerprint density at radius 2 is 2.37 bits per heavy atom. The Labute approximate surface area is 115 Å². The van der Waals surface area contributed by atoms with Gasteiger partial charge in [0.1, 0.15) is 10.6 Å². The van der Waals surface area contributed by atoms with Crippen LogP contribution in [0.1, 0.15) is 21.0 Å². The molecule has 0 saturated carbocycles. The summed E-state index contributed by atoms with van der Waals surface area (Å²) < 4.78 is 40.0. The van der Waals surface area contributed by atoms with Crippen molar-refractivity contribution in [2.45, 2.75) is 26.0 Å². The van der Waals surface area contributed by atoms with Crippen LogP contribution in [0.25, 0.3) is 0 Å². The van der Waals surface area contributed by atoms with E-state index in [0.717, 1.165) is 16.2 Å².